The van der Waals surface area contributed by atoms with Gasteiger partial charge in [-0.05, 0) is 5.56 Å². The third kappa shape index (κ3) is 2.51. The van der Waals surface area contributed by atoms with Crippen LogP contribution in [0.5, 0.6) is 0 Å². The average molecular weight is 217 g/mol. The molecule has 2 rings (SSSR count). The highest BCUT2D eigenvalue weighted by Gasteiger charge is 2.21. The first kappa shape index (κ1) is 10.1. The summed E-state index contributed by atoms with van der Waals surface area (Å²) in [5.41, 5.74) is 1.26. The number of amidine groups is 1. The van der Waals surface area contributed by atoms with Crippen LogP contribution >= 0.6 is 11.8 Å². The van der Waals surface area contributed by atoms with Crippen LogP contribution in [0.2, 0.25) is 0 Å². The molecular formula is C11H11N3S. The normalized spacial score (nSPS) is 18.1. The van der Waals surface area contributed by atoms with Gasteiger partial charge in [-0.2, -0.15) is 6.57 Å². The molecule has 3 nitrogen and oxygen atoms in total. The molecule has 1 aromatic rings. The second kappa shape index (κ2) is 4.85. The number of hydrogen-bond donors (Lipinski definition) is 0. The van der Waals surface area contributed by atoms with Crippen molar-refractivity contribution in [3.8, 4) is 0 Å². The molecule has 0 amide bonds. The van der Waals surface area contributed by atoms with Crippen molar-refractivity contribution in [2.24, 2.45) is 5.10 Å². The lowest BCUT2D eigenvalue weighted by atomic mass is 10.2. The Bertz CT molecular complexity index is 394. The number of benzene rings is 1. The first-order chi connectivity index (χ1) is 7.40. The van der Waals surface area contributed by atoms with E-state index >= 15 is 0 Å². The van der Waals surface area contributed by atoms with E-state index in [9.17, 15) is 0 Å². The van der Waals surface area contributed by atoms with E-state index in [2.05, 4.69) is 27.1 Å². The van der Waals surface area contributed by atoms with Gasteiger partial charge in [0.25, 0.3) is 0 Å². The van der Waals surface area contributed by atoms with Crippen LogP contribution < -0.4 is 0 Å². The Morgan fingerprint density at radius 2 is 2.20 bits per heavy atom. The smallest absolute Gasteiger partial charge is 0.247 e. The van der Waals surface area contributed by atoms with Gasteiger partial charge in [0.15, 0.2) is 0 Å². The Hall–Kier alpha value is -1.47. The third-order valence-corrected chi connectivity index (χ3v) is 3.20. The molecule has 0 bridgehead atoms. The molecule has 0 radical (unpaired) electrons. The van der Waals surface area contributed by atoms with Gasteiger partial charge in [0.05, 0.1) is 0 Å². The molecule has 1 saturated heterocycles. The van der Waals surface area contributed by atoms with E-state index in [1.54, 1.807) is 11.8 Å². The van der Waals surface area contributed by atoms with Crippen LogP contribution in [0.1, 0.15) is 5.56 Å². The lowest BCUT2D eigenvalue weighted by Gasteiger charge is -2.14. The average Bonchev–Trinajstić information content (AvgIpc) is 2.68. The molecule has 76 valence electrons. The predicted octanol–water partition coefficient (Wildman–Crippen LogP) is 2.43. The maximum atomic E-state index is 6.73. The van der Waals surface area contributed by atoms with Gasteiger partial charge in [-0.1, -0.05) is 42.1 Å². The zero-order valence-corrected chi connectivity index (χ0v) is 9.07. The molecule has 0 aromatic heterocycles. The fourth-order valence-electron chi connectivity index (χ4n) is 1.52. The Labute approximate surface area is 93.6 Å². The topological polar surface area (TPSA) is 20.0 Å². The van der Waals surface area contributed by atoms with Crippen molar-refractivity contribution < 1.29 is 0 Å². The molecular weight excluding hydrogens is 206 g/mol. The summed E-state index contributed by atoms with van der Waals surface area (Å²) in [6, 6.07) is 10.3. The molecule has 0 spiro atoms. The lowest BCUT2D eigenvalue weighted by Crippen LogP contribution is -2.23. The fraction of sp³-hybridized carbons (Fsp3) is 0.273. The Morgan fingerprint density at radius 1 is 1.40 bits per heavy atom. The predicted molar refractivity (Wildman–Crippen MR) is 63.3 cm³/mol. The lowest BCUT2D eigenvalue weighted by molar-refractivity contribution is 0.457. The number of thioether (sulfide) groups is 1. The second-order valence-corrected chi connectivity index (χ2v) is 4.30. The summed E-state index contributed by atoms with van der Waals surface area (Å²) in [7, 11) is 0. The van der Waals surface area contributed by atoms with Crippen molar-refractivity contribution in [2.75, 3.05) is 12.3 Å². The molecule has 1 aliphatic rings. The van der Waals surface area contributed by atoms with Crippen LogP contribution in [-0.4, -0.2) is 22.4 Å². The van der Waals surface area contributed by atoms with Gasteiger partial charge < -0.3 is 4.90 Å². The number of nitrogens with zero attached hydrogens (tertiary/aromatic N) is 3. The summed E-state index contributed by atoms with van der Waals surface area (Å²) in [5.74, 6) is 1.03. The van der Waals surface area contributed by atoms with Crippen LogP contribution in [0.15, 0.2) is 35.4 Å². The van der Waals surface area contributed by atoms with Gasteiger partial charge in [0.1, 0.15) is 5.10 Å². The van der Waals surface area contributed by atoms with Crippen molar-refractivity contribution in [3.63, 3.8) is 0 Å². The highest BCUT2D eigenvalue weighted by molar-refractivity contribution is 8.14. The third-order valence-electron chi connectivity index (χ3n) is 2.21. The van der Waals surface area contributed by atoms with E-state index in [-0.39, 0.29) is 0 Å². The van der Waals surface area contributed by atoms with Crippen LogP contribution in [0.25, 0.3) is 4.95 Å². The van der Waals surface area contributed by atoms with Gasteiger partial charge in [0, 0.05) is 18.8 Å². The van der Waals surface area contributed by atoms with Gasteiger partial charge in [-0.15, -0.1) is 4.95 Å². The minimum atomic E-state index is 0.849. The van der Waals surface area contributed by atoms with E-state index in [0.29, 0.717) is 0 Å². The number of hydrogen-bond acceptors (Lipinski definition) is 2. The number of rotatable bonds is 2. The van der Waals surface area contributed by atoms with Crippen molar-refractivity contribution in [1.82, 2.24) is 4.90 Å². The maximum absolute atomic E-state index is 6.73. The Balaban J connectivity index is 2.07. The monoisotopic (exact) mass is 217 g/mol. The van der Waals surface area contributed by atoms with Crippen molar-refractivity contribution in [1.29, 1.82) is 0 Å². The van der Waals surface area contributed by atoms with Crippen LogP contribution in [-0.2, 0) is 6.54 Å². The molecule has 1 fully saturated rings. The molecule has 0 unspecified atom stereocenters. The molecule has 1 aliphatic heterocycles. The molecule has 4 heteroatoms. The van der Waals surface area contributed by atoms with Crippen LogP contribution in [0.3, 0.4) is 0 Å². The van der Waals surface area contributed by atoms with Gasteiger partial charge in [0.2, 0.25) is 5.17 Å². The summed E-state index contributed by atoms with van der Waals surface area (Å²) in [4.78, 5) is 5.24. The summed E-state index contributed by atoms with van der Waals surface area (Å²) in [5, 5.41) is 4.65. The van der Waals surface area contributed by atoms with Gasteiger partial charge in [-0.25, -0.2) is 0 Å². The standard InChI is InChI=1S/C11H11N3S/c1-12-13-11-14(7-8-15-11)9-10-5-3-2-4-6-10/h2-6H,7-9H2/b13-11-. The van der Waals surface area contributed by atoms with E-state index in [1.807, 2.05) is 18.2 Å². The maximum Gasteiger partial charge on any atom is 0.247 e. The minimum absolute atomic E-state index is 0.849. The van der Waals surface area contributed by atoms with Gasteiger partial charge >= 0.3 is 0 Å². The molecule has 15 heavy (non-hydrogen) atoms. The first-order valence-corrected chi connectivity index (χ1v) is 5.75. The Kier molecular flexibility index (Phi) is 3.25. The van der Waals surface area contributed by atoms with E-state index in [4.69, 9.17) is 6.57 Å². The summed E-state index contributed by atoms with van der Waals surface area (Å²) >= 11 is 1.66. The molecule has 1 heterocycles. The SMILES string of the molecule is [C-]#[N+]/N=C1\SCCN1Cc1ccccc1. The highest BCUT2D eigenvalue weighted by atomic mass is 32.2. The highest BCUT2D eigenvalue weighted by Crippen LogP contribution is 2.20. The summed E-state index contributed by atoms with van der Waals surface area (Å²) in [6.45, 7) is 8.56. The van der Waals surface area contributed by atoms with Crippen molar-refractivity contribution in [2.45, 2.75) is 6.54 Å². The zero-order valence-electron chi connectivity index (χ0n) is 8.26. The largest absolute Gasteiger partial charge is 0.340 e. The van der Waals surface area contributed by atoms with Crippen LogP contribution in [0.4, 0.5) is 0 Å². The van der Waals surface area contributed by atoms with Crippen molar-refractivity contribution >= 4 is 16.9 Å². The second-order valence-electron chi connectivity index (χ2n) is 3.24. The minimum Gasteiger partial charge on any atom is -0.340 e. The molecule has 0 aliphatic carbocycles. The summed E-state index contributed by atoms with van der Waals surface area (Å²) in [6.07, 6.45) is 0. The van der Waals surface area contributed by atoms with E-state index in [0.717, 1.165) is 24.0 Å². The van der Waals surface area contributed by atoms with E-state index in [1.165, 1.54) is 5.56 Å². The summed E-state index contributed by atoms with van der Waals surface area (Å²) < 4.78 is 0. The Morgan fingerprint density at radius 3 is 2.93 bits per heavy atom. The van der Waals surface area contributed by atoms with E-state index < -0.39 is 0 Å². The quantitative estimate of drug-likeness (QED) is 0.560. The molecule has 1 aromatic carbocycles. The first-order valence-electron chi connectivity index (χ1n) is 4.76. The van der Waals surface area contributed by atoms with Crippen molar-refractivity contribution in [3.05, 3.63) is 47.4 Å². The zero-order chi connectivity index (χ0) is 10.5. The molecule has 0 atom stereocenters. The van der Waals surface area contributed by atoms with Gasteiger partial charge in [-0.3, -0.25) is 0 Å². The van der Waals surface area contributed by atoms with Crippen LogP contribution in [0, 0.1) is 6.57 Å². The molecule has 0 saturated carbocycles. The fourth-order valence-corrected chi connectivity index (χ4v) is 2.45. The molecule has 0 N–H and O–H groups in total.